The monoisotopic (exact) mass is 258 g/mol. The highest BCUT2D eigenvalue weighted by Gasteiger charge is 2.62. The van der Waals surface area contributed by atoms with Crippen LogP contribution in [0.4, 0.5) is 0 Å². The van der Waals surface area contributed by atoms with Gasteiger partial charge in [-0.05, 0) is 25.2 Å². The van der Waals surface area contributed by atoms with Crippen molar-refractivity contribution in [2.75, 3.05) is 0 Å². The quantitative estimate of drug-likeness (QED) is 0.765. The van der Waals surface area contributed by atoms with Gasteiger partial charge in [0.05, 0.1) is 10.8 Å². The van der Waals surface area contributed by atoms with E-state index in [0.717, 1.165) is 0 Å². The molecule has 0 saturated heterocycles. The van der Waals surface area contributed by atoms with Crippen LogP contribution in [0.15, 0.2) is 0 Å². The average Bonchev–Trinajstić information content (AvgIpc) is 2.22. The first-order chi connectivity index (χ1) is 8.01. The summed E-state index contributed by atoms with van der Waals surface area (Å²) in [5.74, 6) is -2.04. The predicted octanol–water partition coefficient (Wildman–Crippen LogP) is 3.40. The molecule has 0 aromatic rings. The first-order valence-corrected chi connectivity index (χ1v) is 6.48. The normalized spacial score (nSPS) is 18.8. The fraction of sp³-hybridized carbons (Fsp3) is 0.857. The lowest BCUT2D eigenvalue weighted by atomic mass is 9.50. The maximum atomic E-state index is 11.8. The molecule has 18 heavy (non-hydrogen) atoms. The molecule has 0 heterocycles. The molecule has 0 aliphatic rings. The van der Waals surface area contributed by atoms with Gasteiger partial charge in [0, 0.05) is 0 Å². The Hall–Kier alpha value is -1.06. The van der Waals surface area contributed by atoms with E-state index in [1.807, 2.05) is 6.92 Å². The molecule has 0 aliphatic heterocycles. The standard InChI is InChI=1S/C14H26O4/c1-7-9-14(8-2,11(17)18)13(6,10(15)16)12(3,4)5/h7-9H2,1-6H3,(H,15,16)(H,17,18). The SMILES string of the molecule is CCCC(CC)(C(=O)O)C(C)(C(=O)O)C(C)(C)C. The summed E-state index contributed by atoms with van der Waals surface area (Å²) in [5.41, 5.74) is -3.18. The molecule has 2 unspecified atom stereocenters. The molecule has 0 spiro atoms. The van der Waals surface area contributed by atoms with Crippen molar-refractivity contribution in [1.82, 2.24) is 0 Å². The average molecular weight is 258 g/mol. The van der Waals surface area contributed by atoms with Crippen LogP contribution in [-0.2, 0) is 9.59 Å². The Bertz CT molecular complexity index is 329. The van der Waals surface area contributed by atoms with Gasteiger partial charge in [0.25, 0.3) is 0 Å². The smallest absolute Gasteiger partial charge is 0.311 e. The van der Waals surface area contributed by atoms with Crippen molar-refractivity contribution >= 4 is 11.9 Å². The second-order valence-electron chi connectivity index (χ2n) is 6.17. The van der Waals surface area contributed by atoms with Gasteiger partial charge >= 0.3 is 11.9 Å². The zero-order chi connectivity index (χ0) is 14.8. The molecule has 0 amide bonds. The molecule has 0 rings (SSSR count). The molecular formula is C14H26O4. The fourth-order valence-corrected chi connectivity index (χ4v) is 2.92. The van der Waals surface area contributed by atoms with Crippen molar-refractivity contribution in [2.24, 2.45) is 16.2 Å². The van der Waals surface area contributed by atoms with E-state index in [2.05, 4.69) is 0 Å². The van der Waals surface area contributed by atoms with Crippen molar-refractivity contribution in [3.63, 3.8) is 0 Å². The largest absolute Gasteiger partial charge is 0.481 e. The lowest BCUT2D eigenvalue weighted by Crippen LogP contribution is -2.57. The molecule has 0 aromatic heterocycles. The molecule has 0 fully saturated rings. The highest BCUT2D eigenvalue weighted by Crippen LogP contribution is 2.56. The van der Waals surface area contributed by atoms with Gasteiger partial charge in [-0.2, -0.15) is 0 Å². The Kier molecular flexibility index (Phi) is 4.98. The number of hydrogen-bond donors (Lipinski definition) is 2. The van der Waals surface area contributed by atoms with Gasteiger partial charge in [-0.3, -0.25) is 9.59 Å². The van der Waals surface area contributed by atoms with Crippen molar-refractivity contribution in [1.29, 1.82) is 0 Å². The highest BCUT2D eigenvalue weighted by molar-refractivity contribution is 5.87. The van der Waals surface area contributed by atoms with Gasteiger partial charge in [0.1, 0.15) is 0 Å². The van der Waals surface area contributed by atoms with E-state index in [9.17, 15) is 19.8 Å². The van der Waals surface area contributed by atoms with Gasteiger partial charge in [0.2, 0.25) is 0 Å². The number of rotatable bonds is 6. The summed E-state index contributed by atoms with van der Waals surface area (Å²) in [6, 6.07) is 0. The predicted molar refractivity (Wildman–Crippen MR) is 70.5 cm³/mol. The fourth-order valence-electron chi connectivity index (χ4n) is 2.92. The summed E-state index contributed by atoms with van der Waals surface area (Å²) in [4.78, 5) is 23.6. The zero-order valence-electron chi connectivity index (χ0n) is 12.3. The lowest BCUT2D eigenvalue weighted by molar-refractivity contribution is -0.186. The third-order valence-corrected chi connectivity index (χ3v) is 4.57. The molecule has 0 aliphatic carbocycles. The highest BCUT2D eigenvalue weighted by atomic mass is 16.4. The van der Waals surface area contributed by atoms with E-state index in [0.29, 0.717) is 19.3 Å². The summed E-state index contributed by atoms with van der Waals surface area (Å²) in [6.45, 7) is 10.6. The Morgan fingerprint density at radius 2 is 1.39 bits per heavy atom. The minimum atomic E-state index is -1.31. The first kappa shape index (κ1) is 16.9. The minimum Gasteiger partial charge on any atom is -0.481 e. The maximum Gasteiger partial charge on any atom is 0.311 e. The molecular weight excluding hydrogens is 232 g/mol. The lowest BCUT2D eigenvalue weighted by Gasteiger charge is -2.50. The maximum absolute atomic E-state index is 11.8. The van der Waals surface area contributed by atoms with Crippen LogP contribution in [0.3, 0.4) is 0 Å². The summed E-state index contributed by atoms with van der Waals surface area (Å²) < 4.78 is 0. The first-order valence-electron chi connectivity index (χ1n) is 6.48. The van der Waals surface area contributed by atoms with Crippen LogP contribution in [0.1, 0.15) is 60.8 Å². The van der Waals surface area contributed by atoms with E-state index in [1.54, 1.807) is 34.6 Å². The number of hydrogen-bond acceptors (Lipinski definition) is 2. The molecule has 0 radical (unpaired) electrons. The number of aliphatic carboxylic acids is 2. The third kappa shape index (κ3) is 2.25. The van der Waals surface area contributed by atoms with Gasteiger partial charge in [-0.1, -0.05) is 41.0 Å². The Morgan fingerprint density at radius 1 is 0.944 bits per heavy atom. The van der Waals surface area contributed by atoms with Crippen LogP contribution >= 0.6 is 0 Å². The summed E-state index contributed by atoms with van der Waals surface area (Å²) in [5, 5.41) is 19.3. The van der Waals surface area contributed by atoms with Crippen LogP contribution in [0, 0.1) is 16.2 Å². The summed E-state index contributed by atoms with van der Waals surface area (Å²) in [7, 11) is 0. The Morgan fingerprint density at radius 3 is 1.56 bits per heavy atom. The molecule has 2 atom stereocenters. The van der Waals surface area contributed by atoms with E-state index < -0.39 is 28.2 Å². The summed E-state index contributed by atoms with van der Waals surface area (Å²) in [6.07, 6.45) is 1.34. The van der Waals surface area contributed by atoms with Gasteiger partial charge in [-0.25, -0.2) is 0 Å². The van der Waals surface area contributed by atoms with E-state index in [-0.39, 0.29) is 0 Å². The number of carboxylic acids is 2. The zero-order valence-corrected chi connectivity index (χ0v) is 12.3. The summed E-state index contributed by atoms with van der Waals surface area (Å²) >= 11 is 0. The van der Waals surface area contributed by atoms with Crippen LogP contribution in [0.5, 0.6) is 0 Å². The molecule has 0 aromatic carbocycles. The van der Waals surface area contributed by atoms with Crippen molar-refractivity contribution in [3.05, 3.63) is 0 Å². The molecule has 106 valence electrons. The van der Waals surface area contributed by atoms with E-state index >= 15 is 0 Å². The van der Waals surface area contributed by atoms with Gasteiger partial charge < -0.3 is 10.2 Å². The Labute approximate surface area is 109 Å². The molecule has 0 bridgehead atoms. The second-order valence-corrected chi connectivity index (χ2v) is 6.17. The molecule has 4 nitrogen and oxygen atoms in total. The van der Waals surface area contributed by atoms with Crippen molar-refractivity contribution < 1.29 is 19.8 Å². The van der Waals surface area contributed by atoms with Gasteiger partial charge in [0.15, 0.2) is 0 Å². The van der Waals surface area contributed by atoms with Crippen molar-refractivity contribution in [2.45, 2.75) is 60.8 Å². The van der Waals surface area contributed by atoms with E-state index in [4.69, 9.17) is 0 Å². The molecule has 2 N–H and O–H groups in total. The van der Waals surface area contributed by atoms with E-state index in [1.165, 1.54) is 0 Å². The van der Waals surface area contributed by atoms with Crippen molar-refractivity contribution in [3.8, 4) is 0 Å². The minimum absolute atomic E-state index is 0.316. The van der Waals surface area contributed by atoms with Gasteiger partial charge in [-0.15, -0.1) is 0 Å². The molecule has 0 saturated carbocycles. The van der Waals surface area contributed by atoms with Crippen LogP contribution in [0.25, 0.3) is 0 Å². The number of carbonyl (C=O) groups is 2. The van der Waals surface area contributed by atoms with Crippen LogP contribution in [0.2, 0.25) is 0 Å². The van der Waals surface area contributed by atoms with Crippen LogP contribution in [-0.4, -0.2) is 22.2 Å². The topological polar surface area (TPSA) is 74.6 Å². The second kappa shape index (κ2) is 5.29. The number of carboxylic acid groups (broad SMARTS) is 2. The Balaban J connectivity index is 6.12. The molecule has 4 heteroatoms. The van der Waals surface area contributed by atoms with Crippen LogP contribution < -0.4 is 0 Å². The third-order valence-electron chi connectivity index (χ3n) is 4.57.